The van der Waals surface area contributed by atoms with E-state index in [9.17, 15) is 13.2 Å². The Morgan fingerprint density at radius 1 is 1.14 bits per heavy atom. The van der Waals surface area contributed by atoms with Gasteiger partial charge < -0.3 is 4.90 Å². The molecule has 2 aromatic rings. The minimum atomic E-state index is -3.35. The van der Waals surface area contributed by atoms with Crippen LogP contribution in [0.1, 0.15) is 62.1 Å². The van der Waals surface area contributed by atoms with Crippen molar-refractivity contribution < 1.29 is 13.2 Å². The second kappa shape index (κ2) is 7.94. The van der Waals surface area contributed by atoms with Gasteiger partial charge in [0.25, 0.3) is 0 Å². The highest BCUT2D eigenvalue weighted by atomic mass is 32.2. The first kappa shape index (κ1) is 20.1. The molecule has 0 radical (unpaired) electrons. The SMILES string of the molecule is CS(=O)(=O)c1cn[nH]c1C1CCCN(C(=O)C2(c3ccccc3)CCCCC2)C1. The number of nitrogens with one attached hydrogen (secondary N) is 1. The fraction of sp³-hybridized carbons (Fsp3) is 0.545. The van der Waals surface area contributed by atoms with Crippen molar-refractivity contribution in [2.24, 2.45) is 0 Å². The minimum Gasteiger partial charge on any atom is -0.341 e. The highest BCUT2D eigenvalue weighted by Gasteiger charge is 2.44. The molecule has 1 atom stereocenters. The van der Waals surface area contributed by atoms with Gasteiger partial charge >= 0.3 is 0 Å². The fourth-order valence-corrected chi connectivity index (χ4v) is 5.97. The van der Waals surface area contributed by atoms with E-state index in [1.165, 1.54) is 18.9 Å². The summed E-state index contributed by atoms with van der Waals surface area (Å²) in [6.07, 6.45) is 9.39. The first-order valence-electron chi connectivity index (χ1n) is 10.5. The first-order chi connectivity index (χ1) is 13.9. The smallest absolute Gasteiger partial charge is 0.233 e. The number of H-pyrrole nitrogens is 1. The monoisotopic (exact) mass is 415 g/mol. The standard InChI is InChI=1S/C22H29N3O3S/c1-29(27,28)19-15-23-24-20(19)17-9-8-14-25(16-17)21(26)22(12-6-3-7-13-22)18-10-4-2-5-11-18/h2,4-5,10-11,15,17H,3,6-9,12-14,16H2,1H3,(H,23,24). The van der Waals surface area contributed by atoms with Gasteiger partial charge in [-0.1, -0.05) is 49.6 Å². The number of benzene rings is 1. The fourth-order valence-electron chi connectivity index (χ4n) is 5.11. The van der Waals surface area contributed by atoms with E-state index in [4.69, 9.17) is 0 Å². The van der Waals surface area contributed by atoms with Crippen LogP contribution < -0.4 is 0 Å². The van der Waals surface area contributed by atoms with E-state index in [1.54, 1.807) is 0 Å². The van der Waals surface area contributed by atoms with E-state index in [1.807, 2.05) is 23.1 Å². The van der Waals surface area contributed by atoms with Gasteiger partial charge in [0.15, 0.2) is 9.84 Å². The van der Waals surface area contributed by atoms with E-state index in [2.05, 4.69) is 22.3 Å². The Bertz CT molecular complexity index is 962. The van der Waals surface area contributed by atoms with Crippen molar-refractivity contribution >= 4 is 15.7 Å². The van der Waals surface area contributed by atoms with Crippen molar-refractivity contribution in [1.82, 2.24) is 15.1 Å². The van der Waals surface area contributed by atoms with Crippen LogP contribution in [-0.4, -0.2) is 48.8 Å². The molecule has 7 heteroatoms. The van der Waals surface area contributed by atoms with Crippen molar-refractivity contribution in [1.29, 1.82) is 0 Å². The molecule has 1 aliphatic carbocycles. The third kappa shape index (κ3) is 3.84. The molecule has 156 valence electrons. The van der Waals surface area contributed by atoms with E-state index < -0.39 is 15.3 Å². The lowest BCUT2D eigenvalue weighted by molar-refractivity contribution is -0.140. The Balaban J connectivity index is 1.62. The molecule has 1 saturated heterocycles. The van der Waals surface area contributed by atoms with Crippen LogP contribution in [-0.2, 0) is 20.0 Å². The van der Waals surface area contributed by atoms with Crippen LogP contribution in [0.5, 0.6) is 0 Å². The number of hydrogen-bond donors (Lipinski definition) is 1. The van der Waals surface area contributed by atoms with E-state index >= 15 is 0 Å². The average Bonchev–Trinajstić information content (AvgIpc) is 3.25. The summed E-state index contributed by atoms with van der Waals surface area (Å²) in [5.41, 5.74) is 1.31. The second-order valence-electron chi connectivity index (χ2n) is 8.52. The van der Waals surface area contributed by atoms with Crippen LogP contribution in [0.15, 0.2) is 41.4 Å². The molecule has 1 N–H and O–H groups in total. The summed E-state index contributed by atoms with van der Waals surface area (Å²) in [6, 6.07) is 10.2. The van der Waals surface area contributed by atoms with Crippen molar-refractivity contribution in [2.75, 3.05) is 19.3 Å². The largest absolute Gasteiger partial charge is 0.341 e. The van der Waals surface area contributed by atoms with Crippen molar-refractivity contribution in [2.45, 2.75) is 61.2 Å². The molecule has 2 fully saturated rings. The molecule has 1 aromatic heterocycles. The zero-order valence-corrected chi connectivity index (χ0v) is 17.7. The third-order valence-corrected chi connectivity index (χ3v) is 7.72. The van der Waals surface area contributed by atoms with Gasteiger partial charge in [0, 0.05) is 25.3 Å². The quantitative estimate of drug-likeness (QED) is 0.829. The van der Waals surface area contributed by atoms with E-state index in [0.717, 1.165) is 50.6 Å². The van der Waals surface area contributed by atoms with Crippen LogP contribution >= 0.6 is 0 Å². The van der Waals surface area contributed by atoms with Crippen LogP contribution in [0.25, 0.3) is 0 Å². The molecular formula is C22H29N3O3S. The number of piperidine rings is 1. The number of aromatic nitrogens is 2. The highest BCUT2D eigenvalue weighted by Crippen LogP contribution is 2.42. The lowest BCUT2D eigenvalue weighted by Gasteiger charge is -2.43. The molecule has 2 aliphatic rings. The Morgan fingerprint density at radius 3 is 2.55 bits per heavy atom. The number of aromatic amines is 1. The number of nitrogens with zero attached hydrogens (tertiary/aromatic N) is 2. The molecule has 29 heavy (non-hydrogen) atoms. The van der Waals surface area contributed by atoms with Gasteiger partial charge in [-0.15, -0.1) is 0 Å². The third-order valence-electron chi connectivity index (χ3n) is 6.59. The molecule has 2 heterocycles. The first-order valence-corrected chi connectivity index (χ1v) is 12.4. The van der Waals surface area contributed by atoms with Gasteiger partial charge in [0.1, 0.15) is 4.90 Å². The highest BCUT2D eigenvalue weighted by molar-refractivity contribution is 7.90. The maximum atomic E-state index is 13.9. The zero-order chi connectivity index (χ0) is 20.5. The summed E-state index contributed by atoms with van der Waals surface area (Å²) in [5.74, 6) is 0.171. The predicted molar refractivity (Wildman–Crippen MR) is 111 cm³/mol. The van der Waals surface area contributed by atoms with Gasteiger partial charge in [-0.25, -0.2) is 8.42 Å². The molecule has 1 aromatic carbocycles. The van der Waals surface area contributed by atoms with Crippen LogP contribution in [0.4, 0.5) is 0 Å². The molecule has 0 bridgehead atoms. The van der Waals surface area contributed by atoms with Crippen LogP contribution in [0.2, 0.25) is 0 Å². The lowest BCUT2D eigenvalue weighted by atomic mass is 9.68. The van der Waals surface area contributed by atoms with Gasteiger partial charge in [0.2, 0.25) is 5.91 Å². The number of sulfone groups is 1. The molecule has 6 nitrogen and oxygen atoms in total. The number of hydrogen-bond acceptors (Lipinski definition) is 4. The molecular weight excluding hydrogens is 386 g/mol. The van der Waals surface area contributed by atoms with Gasteiger partial charge in [-0.2, -0.15) is 5.10 Å². The van der Waals surface area contributed by atoms with Gasteiger partial charge in [-0.05, 0) is 31.2 Å². The number of amides is 1. The number of carbonyl (C=O) groups excluding carboxylic acids is 1. The molecule has 1 unspecified atom stereocenters. The van der Waals surface area contributed by atoms with E-state index in [-0.39, 0.29) is 16.7 Å². The normalized spacial score (nSPS) is 22.4. The Morgan fingerprint density at radius 2 is 1.86 bits per heavy atom. The Kier molecular flexibility index (Phi) is 5.51. The molecule has 0 spiro atoms. The van der Waals surface area contributed by atoms with Gasteiger partial charge in [-0.3, -0.25) is 9.89 Å². The topological polar surface area (TPSA) is 83.1 Å². The van der Waals surface area contributed by atoms with Crippen molar-refractivity contribution in [3.8, 4) is 0 Å². The van der Waals surface area contributed by atoms with Crippen LogP contribution in [0.3, 0.4) is 0 Å². The molecule has 4 rings (SSSR count). The number of likely N-dealkylation sites (tertiary alicyclic amines) is 1. The molecule has 1 amide bonds. The van der Waals surface area contributed by atoms with Gasteiger partial charge in [0.05, 0.1) is 17.3 Å². The van der Waals surface area contributed by atoms with Crippen molar-refractivity contribution in [3.63, 3.8) is 0 Å². The predicted octanol–water partition coefficient (Wildman–Crippen LogP) is 3.42. The maximum absolute atomic E-state index is 13.9. The second-order valence-corrected chi connectivity index (χ2v) is 10.5. The summed E-state index contributed by atoms with van der Waals surface area (Å²) in [5, 5.41) is 6.87. The summed E-state index contributed by atoms with van der Waals surface area (Å²) in [7, 11) is -3.35. The average molecular weight is 416 g/mol. The number of carbonyl (C=O) groups is 1. The molecule has 1 saturated carbocycles. The Hall–Kier alpha value is -2.15. The zero-order valence-electron chi connectivity index (χ0n) is 16.9. The molecule has 1 aliphatic heterocycles. The van der Waals surface area contributed by atoms with E-state index in [0.29, 0.717) is 12.2 Å². The summed E-state index contributed by atoms with van der Waals surface area (Å²) < 4.78 is 24.2. The van der Waals surface area contributed by atoms with Crippen molar-refractivity contribution in [3.05, 3.63) is 47.8 Å². The maximum Gasteiger partial charge on any atom is 0.233 e. The van der Waals surface area contributed by atoms with Crippen LogP contribution in [0, 0.1) is 0 Å². The lowest BCUT2D eigenvalue weighted by Crippen LogP contribution is -2.51. The summed E-state index contributed by atoms with van der Waals surface area (Å²) in [6.45, 7) is 1.27. The summed E-state index contributed by atoms with van der Waals surface area (Å²) >= 11 is 0. The number of rotatable bonds is 4. The summed E-state index contributed by atoms with van der Waals surface area (Å²) in [4.78, 5) is 16.1. The Labute approximate surface area is 172 Å². The minimum absolute atomic E-state index is 0.0312.